The number of fused-ring (bicyclic) bond motifs is 1. The topological polar surface area (TPSA) is 70.9 Å². The van der Waals surface area contributed by atoms with E-state index >= 15 is 0 Å². The van der Waals surface area contributed by atoms with Gasteiger partial charge in [0, 0.05) is 68.3 Å². The Bertz CT molecular complexity index is 1190. The molecule has 2 N–H and O–H groups in total. The predicted molar refractivity (Wildman–Crippen MR) is 126 cm³/mol. The first-order chi connectivity index (χ1) is 15.2. The first kappa shape index (κ1) is 19.5. The van der Waals surface area contributed by atoms with Crippen LogP contribution in [0.2, 0.25) is 0 Å². The van der Waals surface area contributed by atoms with Gasteiger partial charge in [0.2, 0.25) is 5.95 Å². The van der Waals surface area contributed by atoms with Crippen LogP contribution in [-0.4, -0.2) is 45.7 Å². The molecule has 0 saturated carbocycles. The monoisotopic (exact) mass is 413 g/mol. The zero-order valence-corrected chi connectivity index (χ0v) is 18.0. The van der Waals surface area contributed by atoms with Gasteiger partial charge in [-0.15, -0.1) is 0 Å². The van der Waals surface area contributed by atoms with Crippen molar-refractivity contribution in [1.82, 2.24) is 24.8 Å². The van der Waals surface area contributed by atoms with Gasteiger partial charge in [-0.1, -0.05) is 0 Å². The summed E-state index contributed by atoms with van der Waals surface area (Å²) < 4.78 is 2.23. The van der Waals surface area contributed by atoms with Crippen LogP contribution >= 0.6 is 0 Å². The zero-order chi connectivity index (χ0) is 21.2. The van der Waals surface area contributed by atoms with Crippen molar-refractivity contribution in [3.63, 3.8) is 0 Å². The number of aryl methyl sites for hydroxylation is 2. The van der Waals surface area contributed by atoms with Gasteiger partial charge in [0.15, 0.2) is 0 Å². The minimum Gasteiger partial charge on any atom is -0.369 e. The van der Waals surface area contributed by atoms with E-state index in [-0.39, 0.29) is 0 Å². The lowest BCUT2D eigenvalue weighted by molar-refractivity contribution is 0.589. The van der Waals surface area contributed by atoms with Gasteiger partial charge in [-0.2, -0.15) is 0 Å². The van der Waals surface area contributed by atoms with Crippen molar-refractivity contribution in [3.05, 3.63) is 60.6 Å². The van der Waals surface area contributed by atoms with Crippen molar-refractivity contribution in [1.29, 1.82) is 0 Å². The van der Waals surface area contributed by atoms with E-state index in [0.29, 0.717) is 5.95 Å². The summed E-state index contributed by atoms with van der Waals surface area (Å²) in [6, 6.07) is 12.5. The first-order valence-electron chi connectivity index (χ1n) is 10.8. The number of nitrogens with one attached hydrogen (secondary N) is 2. The van der Waals surface area contributed by atoms with Crippen LogP contribution in [0.3, 0.4) is 0 Å². The van der Waals surface area contributed by atoms with Gasteiger partial charge in [0.1, 0.15) is 0 Å². The molecular formula is C24H27N7. The fourth-order valence-electron chi connectivity index (χ4n) is 4.21. The lowest BCUT2D eigenvalue weighted by Crippen LogP contribution is -2.43. The quantitative estimate of drug-likeness (QED) is 0.516. The molecule has 3 aromatic heterocycles. The molecular weight excluding hydrogens is 386 g/mol. The Morgan fingerprint density at radius 2 is 1.77 bits per heavy atom. The maximum atomic E-state index is 4.78. The highest BCUT2D eigenvalue weighted by molar-refractivity contribution is 5.93. The normalized spacial score (nSPS) is 14.2. The van der Waals surface area contributed by atoms with Gasteiger partial charge in [0.25, 0.3) is 0 Å². The summed E-state index contributed by atoms with van der Waals surface area (Å²) in [7, 11) is 0. The number of piperazine rings is 1. The molecule has 7 nitrogen and oxygen atoms in total. The summed E-state index contributed by atoms with van der Waals surface area (Å²) in [5, 5.41) is 6.73. The Balaban J connectivity index is 1.41. The standard InChI is InChI=1S/C24H27N7/c1-3-30-16-20(22-23(30)17(2)8-10-26-22)21-9-11-27-24(29-21)28-18-4-6-19(7-5-18)31-14-12-25-13-15-31/h4-11,16,25H,3,12-15H2,1-2H3,(H,27,28,29). The third-order valence-electron chi connectivity index (χ3n) is 5.83. The van der Waals surface area contributed by atoms with E-state index in [2.05, 4.69) is 80.4 Å². The number of hydrogen-bond donors (Lipinski definition) is 2. The first-order valence-corrected chi connectivity index (χ1v) is 10.8. The molecule has 1 aliphatic rings. The molecule has 31 heavy (non-hydrogen) atoms. The molecule has 1 saturated heterocycles. The average molecular weight is 414 g/mol. The summed E-state index contributed by atoms with van der Waals surface area (Å²) in [5.41, 5.74) is 7.47. The molecule has 0 radical (unpaired) electrons. The Morgan fingerprint density at radius 3 is 2.55 bits per heavy atom. The van der Waals surface area contributed by atoms with Gasteiger partial charge >= 0.3 is 0 Å². The van der Waals surface area contributed by atoms with E-state index in [1.54, 1.807) is 6.20 Å². The molecule has 4 heterocycles. The Hall–Kier alpha value is -3.45. The van der Waals surface area contributed by atoms with Gasteiger partial charge < -0.3 is 20.1 Å². The van der Waals surface area contributed by atoms with Crippen molar-refractivity contribution >= 4 is 28.4 Å². The number of rotatable bonds is 5. The SMILES string of the molecule is CCn1cc(-c2ccnc(Nc3ccc(N4CCNCC4)cc3)n2)c2nccc(C)c21. The molecule has 0 unspecified atom stereocenters. The summed E-state index contributed by atoms with van der Waals surface area (Å²) >= 11 is 0. The highest BCUT2D eigenvalue weighted by Gasteiger charge is 2.15. The third kappa shape index (κ3) is 3.84. The van der Waals surface area contributed by atoms with Crippen LogP contribution in [0.4, 0.5) is 17.3 Å². The molecule has 7 heteroatoms. The number of pyridine rings is 1. The second kappa shape index (κ2) is 8.35. The molecule has 0 aliphatic carbocycles. The van der Waals surface area contributed by atoms with Crippen molar-refractivity contribution < 1.29 is 0 Å². The van der Waals surface area contributed by atoms with E-state index in [1.165, 1.54) is 11.3 Å². The van der Waals surface area contributed by atoms with Crippen molar-refractivity contribution in [3.8, 4) is 11.3 Å². The number of benzene rings is 1. The molecule has 158 valence electrons. The van der Waals surface area contributed by atoms with Gasteiger partial charge in [-0.05, 0) is 55.8 Å². The lowest BCUT2D eigenvalue weighted by atomic mass is 10.1. The fraction of sp³-hybridized carbons (Fsp3) is 0.292. The van der Waals surface area contributed by atoms with E-state index in [0.717, 1.165) is 60.7 Å². The van der Waals surface area contributed by atoms with Crippen LogP contribution in [0.1, 0.15) is 12.5 Å². The molecule has 1 fully saturated rings. The molecule has 0 atom stereocenters. The van der Waals surface area contributed by atoms with Crippen molar-refractivity contribution in [2.75, 3.05) is 36.4 Å². The van der Waals surface area contributed by atoms with Crippen LogP contribution in [-0.2, 0) is 6.54 Å². The van der Waals surface area contributed by atoms with Gasteiger partial charge in [-0.3, -0.25) is 4.98 Å². The second-order valence-electron chi connectivity index (χ2n) is 7.83. The van der Waals surface area contributed by atoms with Crippen molar-refractivity contribution in [2.45, 2.75) is 20.4 Å². The van der Waals surface area contributed by atoms with E-state index < -0.39 is 0 Å². The average Bonchev–Trinajstić information content (AvgIpc) is 3.21. The highest BCUT2D eigenvalue weighted by atomic mass is 15.2. The summed E-state index contributed by atoms with van der Waals surface area (Å²) in [6.07, 6.45) is 5.80. The number of anilines is 3. The van der Waals surface area contributed by atoms with E-state index in [1.807, 2.05) is 12.3 Å². The number of hydrogen-bond acceptors (Lipinski definition) is 6. The Kier molecular flexibility index (Phi) is 5.26. The Morgan fingerprint density at radius 1 is 1.00 bits per heavy atom. The molecule has 0 bridgehead atoms. The Labute approximate surface area is 182 Å². The maximum absolute atomic E-state index is 4.78. The van der Waals surface area contributed by atoms with E-state index in [4.69, 9.17) is 4.98 Å². The van der Waals surface area contributed by atoms with Crippen LogP contribution in [0, 0.1) is 6.92 Å². The van der Waals surface area contributed by atoms with Crippen LogP contribution in [0.15, 0.2) is 55.0 Å². The summed E-state index contributed by atoms with van der Waals surface area (Å²) in [5.74, 6) is 0.581. The lowest BCUT2D eigenvalue weighted by Gasteiger charge is -2.29. The van der Waals surface area contributed by atoms with Gasteiger partial charge in [-0.25, -0.2) is 9.97 Å². The van der Waals surface area contributed by atoms with Crippen LogP contribution < -0.4 is 15.5 Å². The molecule has 4 aromatic rings. The second-order valence-corrected chi connectivity index (χ2v) is 7.83. The minimum atomic E-state index is 0.581. The fourth-order valence-corrected chi connectivity index (χ4v) is 4.21. The molecule has 5 rings (SSSR count). The van der Waals surface area contributed by atoms with Crippen molar-refractivity contribution in [2.24, 2.45) is 0 Å². The van der Waals surface area contributed by atoms with Crippen LogP contribution in [0.25, 0.3) is 22.3 Å². The number of nitrogens with zero attached hydrogens (tertiary/aromatic N) is 5. The smallest absolute Gasteiger partial charge is 0.227 e. The largest absolute Gasteiger partial charge is 0.369 e. The third-order valence-corrected chi connectivity index (χ3v) is 5.83. The van der Waals surface area contributed by atoms with Crippen LogP contribution in [0.5, 0.6) is 0 Å². The maximum Gasteiger partial charge on any atom is 0.227 e. The number of aromatic nitrogens is 4. The molecule has 1 aromatic carbocycles. The predicted octanol–water partition coefficient (Wildman–Crippen LogP) is 3.97. The molecule has 0 spiro atoms. The molecule has 1 aliphatic heterocycles. The minimum absolute atomic E-state index is 0.581. The van der Waals surface area contributed by atoms with Gasteiger partial charge in [0.05, 0.1) is 16.7 Å². The summed E-state index contributed by atoms with van der Waals surface area (Å²) in [4.78, 5) is 16.3. The highest BCUT2D eigenvalue weighted by Crippen LogP contribution is 2.30. The zero-order valence-electron chi connectivity index (χ0n) is 18.0. The summed E-state index contributed by atoms with van der Waals surface area (Å²) in [6.45, 7) is 9.29. The molecule has 0 amide bonds. The van der Waals surface area contributed by atoms with E-state index in [9.17, 15) is 0 Å².